The molecule has 0 saturated carbocycles. The molecule has 0 radical (unpaired) electrons. The van der Waals surface area contributed by atoms with Crippen LogP contribution in [0.25, 0.3) is 10.9 Å². The Bertz CT molecular complexity index is 662. The molecule has 2 heterocycles. The summed E-state index contributed by atoms with van der Waals surface area (Å²) in [6.45, 7) is 7.01. The van der Waals surface area contributed by atoms with Crippen LogP contribution >= 0.6 is 0 Å². The maximum Gasteiger partial charge on any atom is 0.254 e. The maximum atomic E-state index is 13.0. The van der Waals surface area contributed by atoms with Crippen molar-refractivity contribution in [3.05, 3.63) is 42.1 Å². The molecule has 2 aromatic rings. The van der Waals surface area contributed by atoms with Crippen molar-refractivity contribution < 1.29 is 4.79 Å². The average Bonchev–Trinajstić information content (AvgIpc) is 3.05. The lowest BCUT2D eigenvalue weighted by atomic mass is 10.1. The van der Waals surface area contributed by atoms with Crippen LogP contribution in [0.2, 0.25) is 0 Å². The van der Waals surface area contributed by atoms with Gasteiger partial charge in [-0.15, -0.1) is 0 Å². The van der Waals surface area contributed by atoms with E-state index in [1.54, 1.807) is 6.20 Å². The summed E-state index contributed by atoms with van der Waals surface area (Å²) < 4.78 is 0. The van der Waals surface area contributed by atoms with Gasteiger partial charge in [0.25, 0.3) is 5.91 Å². The smallest absolute Gasteiger partial charge is 0.254 e. The van der Waals surface area contributed by atoms with E-state index in [4.69, 9.17) is 0 Å². The number of amides is 1. The molecule has 1 aromatic heterocycles. The third kappa shape index (κ3) is 3.12. The number of rotatable bonds is 4. The standard InChI is InChI=1S/C18H23N3O/c1-13(2)12-21(16-7-9-19-11-16)18(22)15-5-6-17-14(10-15)4-3-8-20-17/h3-6,8,10,13,16,19H,7,9,11-12H2,1-2H3/t16-/m1/s1. The van der Waals surface area contributed by atoms with Crippen LogP contribution < -0.4 is 5.32 Å². The Hall–Kier alpha value is -1.94. The molecule has 22 heavy (non-hydrogen) atoms. The monoisotopic (exact) mass is 297 g/mol. The number of aromatic nitrogens is 1. The lowest BCUT2D eigenvalue weighted by molar-refractivity contribution is 0.0667. The van der Waals surface area contributed by atoms with Gasteiger partial charge in [0.1, 0.15) is 0 Å². The molecule has 1 saturated heterocycles. The number of hydrogen-bond donors (Lipinski definition) is 1. The molecule has 1 aromatic carbocycles. The van der Waals surface area contributed by atoms with E-state index in [9.17, 15) is 4.79 Å². The number of pyridine rings is 1. The Labute approximate surface area is 131 Å². The van der Waals surface area contributed by atoms with Gasteiger partial charge in [-0.1, -0.05) is 19.9 Å². The highest BCUT2D eigenvalue weighted by molar-refractivity contribution is 5.98. The normalized spacial score (nSPS) is 18.0. The van der Waals surface area contributed by atoms with E-state index in [2.05, 4.69) is 24.1 Å². The number of hydrogen-bond acceptors (Lipinski definition) is 3. The predicted molar refractivity (Wildman–Crippen MR) is 88.9 cm³/mol. The molecule has 1 atom stereocenters. The van der Waals surface area contributed by atoms with Crippen LogP contribution in [0, 0.1) is 5.92 Å². The van der Waals surface area contributed by atoms with Crippen molar-refractivity contribution >= 4 is 16.8 Å². The van der Waals surface area contributed by atoms with Crippen molar-refractivity contribution in [1.29, 1.82) is 0 Å². The molecule has 3 rings (SSSR count). The SMILES string of the molecule is CC(C)CN(C(=O)c1ccc2ncccc2c1)[C@@H]1CCNC1. The third-order valence-electron chi connectivity index (χ3n) is 4.15. The van der Waals surface area contributed by atoms with Crippen molar-refractivity contribution in [2.75, 3.05) is 19.6 Å². The van der Waals surface area contributed by atoms with E-state index in [0.717, 1.165) is 42.5 Å². The Balaban J connectivity index is 1.89. The number of fused-ring (bicyclic) bond motifs is 1. The molecule has 1 aliphatic heterocycles. The summed E-state index contributed by atoms with van der Waals surface area (Å²) in [7, 11) is 0. The van der Waals surface area contributed by atoms with Gasteiger partial charge in [0.05, 0.1) is 5.52 Å². The molecule has 1 fully saturated rings. The second kappa shape index (κ2) is 6.44. The number of carbonyl (C=O) groups excluding carboxylic acids is 1. The highest BCUT2D eigenvalue weighted by Crippen LogP contribution is 2.19. The Kier molecular flexibility index (Phi) is 4.39. The Morgan fingerprint density at radius 3 is 3.00 bits per heavy atom. The highest BCUT2D eigenvalue weighted by Gasteiger charge is 2.27. The minimum atomic E-state index is 0.133. The molecule has 4 heteroatoms. The summed E-state index contributed by atoms with van der Waals surface area (Å²) in [6.07, 6.45) is 2.81. The van der Waals surface area contributed by atoms with Crippen LogP contribution in [-0.4, -0.2) is 41.5 Å². The first-order chi connectivity index (χ1) is 10.6. The fourth-order valence-electron chi connectivity index (χ4n) is 3.07. The quantitative estimate of drug-likeness (QED) is 0.943. The van der Waals surface area contributed by atoms with E-state index < -0.39 is 0 Å². The number of carbonyl (C=O) groups is 1. The first-order valence-corrected chi connectivity index (χ1v) is 8.01. The molecule has 0 unspecified atom stereocenters. The summed E-state index contributed by atoms with van der Waals surface area (Å²) in [6, 6.07) is 10.0. The van der Waals surface area contributed by atoms with Gasteiger partial charge in [0.2, 0.25) is 0 Å². The maximum absolute atomic E-state index is 13.0. The van der Waals surface area contributed by atoms with Crippen molar-refractivity contribution in [2.24, 2.45) is 5.92 Å². The van der Waals surface area contributed by atoms with Crippen LogP contribution in [0.15, 0.2) is 36.5 Å². The molecule has 1 N–H and O–H groups in total. The summed E-state index contributed by atoms with van der Waals surface area (Å²) in [4.78, 5) is 19.4. The zero-order chi connectivity index (χ0) is 15.5. The van der Waals surface area contributed by atoms with Gasteiger partial charge in [0.15, 0.2) is 0 Å². The largest absolute Gasteiger partial charge is 0.334 e. The van der Waals surface area contributed by atoms with E-state index in [1.165, 1.54) is 0 Å². The lowest BCUT2D eigenvalue weighted by Gasteiger charge is -2.30. The second-order valence-electron chi connectivity index (χ2n) is 6.41. The van der Waals surface area contributed by atoms with Crippen LogP contribution in [0.3, 0.4) is 0 Å². The number of nitrogens with one attached hydrogen (secondary N) is 1. The first-order valence-electron chi connectivity index (χ1n) is 8.01. The average molecular weight is 297 g/mol. The van der Waals surface area contributed by atoms with Crippen LogP contribution in [0.1, 0.15) is 30.6 Å². The van der Waals surface area contributed by atoms with Gasteiger partial charge in [-0.25, -0.2) is 0 Å². The minimum Gasteiger partial charge on any atom is -0.334 e. The summed E-state index contributed by atoms with van der Waals surface area (Å²) >= 11 is 0. The van der Waals surface area contributed by atoms with Gasteiger partial charge < -0.3 is 10.2 Å². The van der Waals surface area contributed by atoms with Gasteiger partial charge in [-0.05, 0) is 43.1 Å². The Morgan fingerprint density at radius 2 is 2.27 bits per heavy atom. The van der Waals surface area contributed by atoms with E-state index in [0.29, 0.717) is 12.0 Å². The van der Waals surface area contributed by atoms with Crippen LogP contribution in [-0.2, 0) is 0 Å². The zero-order valence-electron chi connectivity index (χ0n) is 13.2. The summed E-state index contributed by atoms with van der Waals surface area (Å²) in [5.41, 5.74) is 1.69. The third-order valence-corrected chi connectivity index (χ3v) is 4.15. The van der Waals surface area contributed by atoms with Crippen molar-refractivity contribution in [2.45, 2.75) is 26.3 Å². The van der Waals surface area contributed by atoms with Crippen molar-refractivity contribution in [3.8, 4) is 0 Å². The second-order valence-corrected chi connectivity index (χ2v) is 6.41. The fraction of sp³-hybridized carbons (Fsp3) is 0.444. The van der Waals surface area contributed by atoms with Crippen LogP contribution in [0.4, 0.5) is 0 Å². The Morgan fingerprint density at radius 1 is 1.41 bits per heavy atom. The molecular weight excluding hydrogens is 274 g/mol. The molecule has 0 aliphatic carbocycles. The van der Waals surface area contributed by atoms with Gasteiger partial charge in [0, 0.05) is 36.3 Å². The van der Waals surface area contributed by atoms with Gasteiger partial charge in [-0.2, -0.15) is 0 Å². The molecule has 1 amide bonds. The molecule has 1 aliphatic rings. The highest BCUT2D eigenvalue weighted by atomic mass is 16.2. The summed E-state index contributed by atoms with van der Waals surface area (Å²) in [5, 5.41) is 4.37. The van der Waals surface area contributed by atoms with Gasteiger partial charge >= 0.3 is 0 Å². The molecular formula is C18H23N3O. The molecule has 116 valence electrons. The number of benzene rings is 1. The van der Waals surface area contributed by atoms with Crippen LogP contribution in [0.5, 0.6) is 0 Å². The van der Waals surface area contributed by atoms with E-state index in [-0.39, 0.29) is 5.91 Å². The minimum absolute atomic E-state index is 0.133. The van der Waals surface area contributed by atoms with E-state index >= 15 is 0 Å². The first kappa shape index (κ1) is 15.0. The number of nitrogens with zero attached hydrogens (tertiary/aromatic N) is 2. The van der Waals surface area contributed by atoms with Crippen molar-refractivity contribution in [3.63, 3.8) is 0 Å². The summed E-state index contributed by atoms with van der Waals surface area (Å²) in [5.74, 6) is 0.597. The molecule has 0 spiro atoms. The van der Waals surface area contributed by atoms with E-state index in [1.807, 2.05) is 35.2 Å². The van der Waals surface area contributed by atoms with Crippen molar-refractivity contribution in [1.82, 2.24) is 15.2 Å². The molecule has 0 bridgehead atoms. The van der Waals surface area contributed by atoms with Gasteiger partial charge in [-0.3, -0.25) is 9.78 Å². The zero-order valence-corrected chi connectivity index (χ0v) is 13.2. The topological polar surface area (TPSA) is 45.2 Å². The lowest BCUT2D eigenvalue weighted by Crippen LogP contribution is -2.43. The fourth-order valence-corrected chi connectivity index (χ4v) is 3.07. The predicted octanol–water partition coefficient (Wildman–Crippen LogP) is 2.69. The molecule has 4 nitrogen and oxygen atoms in total.